The van der Waals surface area contributed by atoms with Crippen molar-refractivity contribution < 1.29 is 0 Å². The fourth-order valence-electron chi connectivity index (χ4n) is 4.09. The molecule has 0 aromatic carbocycles. The van der Waals surface area contributed by atoms with Gasteiger partial charge < -0.3 is 9.88 Å². The van der Waals surface area contributed by atoms with E-state index in [-0.39, 0.29) is 0 Å². The van der Waals surface area contributed by atoms with Crippen molar-refractivity contribution in [1.29, 1.82) is 0 Å². The van der Waals surface area contributed by atoms with Crippen molar-refractivity contribution >= 4 is 21.9 Å². The van der Waals surface area contributed by atoms with E-state index in [9.17, 15) is 0 Å². The lowest BCUT2D eigenvalue weighted by molar-refractivity contribution is 0.402. The minimum Gasteiger partial charge on any atom is -0.336 e. The molecular weight excluding hydrogens is 428 g/mol. The molecule has 6 rings (SSSR count). The van der Waals surface area contributed by atoms with Crippen LogP contribution in [0, 0.1) is 6.92 Å². The van der Waals surface area contributed by atoms with Crippen LogP contribution in [0.1, 0.15) is 11.3 Å². The molecule has 0 radical (unpaired) electrons. The first kappa shape index (κ1) is 20.2. The van der Waals surface area contributed by atoms with Crippen LogP contribution in [0.15, 0.2) is 55.5 Å². The number of hydrogen-bond donors (Lipinski definition) is 2. The molecule has 0 bridgehead atoms. The predicted octanol–water partition coefficient (Wildman–Crippen LogP) is 3.51. The highest BCUT2D eigenvalue weighted by atomic mass is 15.2. The van der Waals surface area contributed by atoms with Gasteiger partial charge in [0.2, 0.25) is 0 Å². The summed E-state index contributed by atoms with van der Waals surface area (Å²) in [5.74, 6) is 1.37. The fourth-order valence-corrected chi connectivity index (χ4v) is 4.09. The van der Waals surface area contributed by atoms with Crippen molar-refractivity contribution in [3.8, 4) is 28.6 Å². The highest BCUT2D eigenvalue weighted by molar-refractivity contribution is 5.95. The number of nitrogens with zero attached hydrogens (tertiary/aromatic N) is 8. The van der Waals surface area contributed by atoms with E-state index in [1.165, 1.54) is 0 Å². The number of fused-ring (bicyclic) bond motifs is 2. The number of aromatic amines is 2. The molecule has 34 heavy (non-hydrogen) atoms. The molecule has 0 unspecified atom stereocenters. The molecule has 2 N–H and O–H groups in total. The zero-order chi connectivity index (χ0) is 23.2. The Morgan fingerprint density at radius 1 is 1.03 bits per heavy atom. The molecule has 6 heterocycles. The number of rotatable bonds is 5. The number of hydrogen-bond acceptors (Lipinski definition) is 7. The third-order valence-electron chi connectivity index (χ3n) is 5.60. The molecule has 0 atom stereocenters. The minimum atomic E-state index is 0.656. The molecule has 0 amide bonds. The van der Waals surface area contributed by atoms with Crippen molar-refractivity contribution in [2.45, 2.75) is 13.5 Å². The van der Waals surface area contributed by atoms with Gasteiger partial charge in [-0.3, -0.25) is 19.6 Å². The summed E-state index contributed by atoms with van der Waals surface area (Å²) in [5, 5.41) is 8.54. The number of nitrogens with one attached hydrogen (secondary N) is 2. The predicted molar refractivity (Wildman–Crippen MR) is 129 cm³/mol. The van der Waals surface area contributed by atoms with E-state index in [1.54, 1.807) is 18.7 Å². The number of aryl methyl sites for hydroxylation is 1. The summed E-state index contributed by atoms with van der Waals surface area (Å²) in [6.45, 7) is 2.76. The average Bonchev–Trinajstić information content (AvgIpc) is 3.55. The van der Waals surface area contributed by atoms with Crippen LogP contribution in [0.2, 0.25) is 0 Å². The topological polar surface area (TPSA) is 117 Å². The Labute approximate surface area is 194 Å². The first-order valence-corrected chi connectivity index (χ1v) is 10.8. The molecule has 0 saturated carbocycles. The zero-order valence-electron chi connectivity index (χ0n) is 19.0. The van der Waals surface area contributed by atoms with Gasteiger partial charge in [-0.05, 0) is 44.8 Å². The Morgan fingerprint density at radius 3 is 2.76 bits per heavy atom. The van der Waals surface area contributed by atoms with Crippen molar-refractivity contribution in [2.24, 2.45) is 0 Å². The van der Waals surface area contributed by atoms with Crippen LogP contribution < -0.4 is 0 Å². The second-order valence-electron chi connectivity index (χ2n) is 8.55. The molecule has 6 aromatic rings. The quantitative estimate of drug-likeness (QED) is 0.413. The number of H-pyrrole nitrogens is 2. The Bertz CT molecular complexity index is 1640. The van der Waals surface area contributed by atoms with E-state index in [1.807, 2.05) is 56.3 Å². The highest BCUT2D eigenvalue weighted by Crippen LogP contribution is 2.30. The zero-order valence-corrected chi connectivity index (χ0v) is 19.0. The summed E-state index contributed by atoms with van der Waals surface area (Å²) >= 11 is 0. The SMILES string of the molecule is Cc1cn(-c2nccc3[nH]c(-c4n[nH]c5cnc(-c6cncc(CN(C)C)c6)cc45)nc23)cn1. The van der Waals surface area contributed by atoms with E-state index in [0.717, 1.165) is 56.7 Å². The van der Waals surface area contributed by atoms with Gasteiger partial charge in [0.25, 0.3) is 0 Å². The van der Waals surface area contributed by atoms with Crippen molar-refractivity contribution in [3.05, 3.63) is 66.8 Å². The number of aromatic nitrogens is 9. The summed E-state index contributed by atoms with van der Waals surface area (Å²) in [7, 11) is 4.08. The van der Waals surface area contributed by atoms with E-state index in [4.69, 9.17) is 4.98 Å². The van der Waals surface area contributed by atoms with E-state index < -0.39 is 0 Å². The second kappa shape index (κ2) is 7.85. The van der Waals surface area contributed by atoms with Gasteiger partial charge in [0.15, 0.2) is 11.6 Å². The third-order valence-corrected chi connectivity index (χ3v) is 5.60. The maximum absolute atomic E-state index is 4.85. The summed E-state index contributed by atoms with van der Waals surface area (Å²) in [6, 6.07) is 6.05. The third kappa shape index (κ3) is 3.50. The maximum Gasteiger partial charge on any atom is 0.166 e. The van der Waals surface area contributed by atoms with Gasteiger partial charge in [0.1, 0.15) is 17.5 Å². The van der Waals surface area contributed by atoms with Crippen LogP contribution in [-0.2, 0) is 6.54 Å². The van der Waals surface area contributed by atoms with Gasteiger partial charge in [-0.2, -0.15) is 5.10 Å². The smallest absolute Gasteiger partial charge is 0.166 e. The lowest BCUT2D eigenvalue weighted by Gasteiger charge is -2.10. The first-order chi connectivity index (χ1) is 16.5. The number of pyridine rings is 3. The maximum atomic E-state index is 4.85. The molecule has 0 aliphatic rings. The molecule has 0 spiro atoms. The van der Waals surface area contributed by atoms with Crippen molar-refractivity contribution in [3.63, 3.8) is 0 Å². The van der Waals surface area contributed by atoms with Gasteiger partial charge >= 0.3 is 0 Å². The van der Waals surface area contributed by atoms with Crippen LogP contribution in [-0.4, -0.2) is 63.7 Å². The van der Waals surface area contributed by atoms with Crippen LogP contribution in [0.4, 0.5) is 0 Å². The summed E-state index contributed by atoms with van der Waals surface area (Å²) in [6.07, 6.45) is 10.9. The van der Waals surface area contributed by atoms with Gasteiger partial charge in [-0.25, -0.2) is 15.0 Å². The molecule has 6 aromatic heterocycles. The van der Waals surface area contributed by atoms with Gasteiger partial charge in [-0.15, -0.1) is 0 Å². The van der Waals surface area contributed by atoms with Crippen molar-refractivity contribution in [1.82, 2.24) is 49.6 Å². The number of imidazole rings is 2. The molecule has 0 saturated heterocycles. The second-order valence-corrected chi connectivity index (χ2v) is 8.55. The first-order valence-electron chi connectivity index (χ1n) is 10.8. The van der Waals surface area contributed by atoms with Crippen molar-refractivity contribution in [2.75, 3.05) is 14.1 Å². The molecule has 0 aliphatic heterocycles. The highest BCUT2D eigenvalue weighted by Gasteiger charge is 2.17. The van der Waals surface area contributed by atoms with Gasteiger partial charge in [0.05, 0.1) is 28.6 Å². The minimum absolute atomic E-state index is 0.656. The van der Waals surface area contributed by atoms with Gasteiger partial charge in [0, 0.05) is 42.3 Å². The monoisotopic (exact) mass is 450 g/mol. The van der Waals surface area contributed by atoms with Crippen LogP contribution in [0.25, 0.3) is 50.5 Å². The molecular formula is C24H22N10. The Morgan fingerprint density at radius 2 is 1.94 bits per heavy atom. The summed E-state index contributed by atoms with van der Waals surface area (Å²) in [4.78, 5) is 28.2. The molecule has 0 fully saturated rings. The lowest BCUT2D eigenvalue weighted by Crippen LogP contribution is -2.10. The molecule has 168 valence electrons. The molecule has 10 nitrogen and oxygen atoms in total. The fraction of sp³-hybridized carbons (Fsp3) is 0.167. The standard InChI is InChI=1S/C24H22N10/c1-14-11-34(13-28-14)24-22-18(4-5-26-24)29-23(30-22)21-17-7-19(27-10-20(17)31-32-21)16-6-15(8-25-9-16)12-33(2)3/h4-11,13H,12H2,1-3H3,(H,29,30)(H,31,32). The Kier molecular flexibility index (Phi) is 4.66. The van der Waals surface area contributed by atoms with E-state index in [0.29, 0.717) is 11.6 Å². The normalized spacial score (nSPS) is 11.8. The molecule has 10 heteroatoms. The summed E-state index contributed by atoms with van der Waals surface area (Å²) in [5.41, 5.74) is 7.01. The van der Waals surface area contributed by atoms with E-state index in [2.05, 4.69) is 46.1 Å². The largest absolute Gasteiger partial charge is 0.336 e. The van der Waals surface area contributed by atoms with Crippen LogP contribution >= 0.6 is 0 Å². The average molecular weight is 451 g/mol. The Balaban J connectivity index is 1.45. The summed E-state index contributed by atoms with van der Waals surface area (Å²) < 4.78 is 1.88. The van der Waals surface area contributed by atoms with Crippen LogP contribution in [0.5, 0.6) is 0 Å². The molecule has 0 aliphatic carbocycles. The van der Waals surface area contributed by atoms with Gasteiger partial charge in [-0.1, -0.05) is 0 Å². The van der Waals surface area contributed by atoms with Crippen LogP contribution in [0.3, 0.4) is 0 Å². The Hall–Kier alpha value is -4.44. The lowest BCUT2D eigenvalue weighted by atomic mass is 10.1. The van der Waals surface area contributed by atoms with E-state index >= 15 is 0 Å².